The van der Waals surface area contributed by atoms with Gasteiger partial charge >= 0.3 is 0 Å². The average Bonchev–Trinajstić information content (AvgIpc) is 3.70. The minimum Gasteiger partial charge on any atom is -0.399 e. The first-order valence-corrected chi connectivity index (χ1v) is 18.3. The third kappa shape index (κ3) is 13.4. The number of amides is 1. The Balaban J connectivity index is 0.000000228. The SMILES string of the molecule is C1CCOC1.Cc1ccc(N(C)C)cc1Br.Cc1ccc(N)cc1Br.Cc1ccncc1C(=O)Nc1ccc(-c2cc(N(C)C)ccc2C)cn1. The standard InChI is InChI=1S/C21H22N4O.C9H12BrN.C7H8BrN.C4H8O/c1-14-5-7-17(25(3)4)11-18(14)16-6-8-20(23-12-16)24-21(26)19-13-22-10-9-15(19)2;1-7-4-5-8(11(2)3)6-9(7)10;1-5-2-3-6(9)4-7(5)8;1-2-4-5-3-1/h5-13H,1-4H3,(H,23,24,26);4-6H,1-3H3;2-4H,9H2,1H3;1-4H2. The Kier molecular flexibility index (Phi) is 16.6. The second-order valence-electron chi connectivity index (χ2n) is 12.6. The number of anilines is 4. The number of hydrogen-bond acceptors (Lipinski definition) is 7. The summed E-state index contributed by atoms with van der Waals surface area (Å²) in [5, 5.41) is 2.82. The summed E-state index contributed by atoms with van der Waals surface area (Å²) in [5.41, 5.74) is 15.9. The summed E-state index contributed by atoms with van der Waals surface area (Å²) in [6.45, 7) is 10.1. The Hall–Kier alpha value is -4.25. The first-order valence-electron chi connectivity index (χ1n) is 16.8. The number of nitrogens with zero attached hydrogens (tertiary/aromatic N) is 4. The van der Waals surface area contributed by atoms with Crippen molar-refractivity contribution in [2.24, 2.45) is 0 Å². The summed E-state index contributed by atoms with van der Waals surface area (Å²) in [7, 11) is 8.12. The number of hydrogen-bond donors (Lipinski definition) is 2. The lowest BCUT2D eigenvalue weighted by atomic mass is 10.0. The second-order valence-corrected chi connectivity index (χ2v) is 14.3. The minimum atomic E-state index is -0.207. The Labute approximate surface area is 320 Å². The highest BCUT2D eigenvalue weighted by Crippen LogP contribution is 2.28. The molecule has 1 aliphatic rings. The van der Waals surface area contributed by atoms with E-state index in [9.17, 15) is 4.79 Å². The maximum absolute atomic E-state index is 12.4. The van der Waals surface area contributed by atoms with Crippen molar-refractivity contribution < 1.29 is 9.53 Å². The lowest BCUT2D eigenvalue weighted by Crippen LogP contribution is -2.14. The number of nitrogen functional groups attached to an aromatic ring is 1. The van der Waals surface area contributed by atoms with E-state index in [-0.39, 0.29) is 5.91 Å². The average molecular weight is 819 g/mol. The molecule has 3 aromatic carbocycles. The van der Waals surface area contributed by atoms with Gasteiger partial charge in [-0.15, -0.1) is 0 Å². The molecule has 3 heterocycles. The molecule has 0 atom stereocenters. The first kappa shape index (κ1) is 41.2. The van der Waals surface area contributed by atoms with E-state index in [1.807, 2.05) is 78.4 Å². The van der Waals surface area contributed by atoms with Crippen LogP contribution >= 0.6 is 31.9 Å². The molecule has 0 spiro atoms. The number of nitrogens with two attached hydrogens (primary N) is 1. The molecular weight excluding hydrogens is 768 g/mol. The van der Waals surface area contributed by atoms with Crippen LogP contribution in [-0.4, -0.2) is 57.3 Å². The topological polar surface area (TPSA) is 96.6 Å². The van der Waals surface area contributed by atoms with Crippen molar-refractivity contribution in [2.75, 3.05) is 62.3 Å². The predicted octanol–water partition coefficient (Wildman–Crippen LogP) is 10.0. The van der Waals surface area contributed by atoms with Crippen LogP contribution in [0.1, 0.15) is 45.5 Å². The molecule has 1 fully saturated rings. The van der Waals surface area contributed by atoms with Crippen LogP contribution in [-0.2, 0) is 4.74 Å². The molecule has 3 N–H and O–H groups in total. The number of pyridine rings is 2. The molecule has 0 unspecified atom stereocenters. The van der Waals surface area contributed by atoms with Crippen LogP contribution < -0.4 is 20.9 Å². The van der Waals surface area contributed by atoms with E-state index in [2.05, 4.69) is 107 Å². The maximum Gasteiger partial charge on any atom is 0.258 e. The van der Waals surface area contributed by atoms with Crippen molar-refractivity contribution in [3.8, 4) is 11.1 Å². The molecule has 0 radical (unpaired) electrons. The zero-order chi connectivity index (χ0) is 37.5. The summed E-state index contributed by atoms with van der Waals surface area (Å²) in [5.74, 6) is 0.310. The van der Waals surface area contributed by atoms with Crippen molar-refractivity contribution in [2.45, 2.75) is 40.5 Å². The largest absolute Gasteiger partial charge is 0.399 e. The monoisotopic (exact) mass is 816 g/mol. The van der Waals surface area contributed by atoms with Gasteiger partial charge in [0.05, 0.1) is 5.56 Å². The van der Waals surface area contributed by atoms with Gasteiger partial charge < -0.3 is 25.6 Å². The fourth-order valence-electron chi connectivity index (χ4n) is 4.69. The molecule has 0 aliphatic carbocycles. The van der Waals surface area contributed by atoms with Crippen LogP contribution in [0.3, 0.4) is 0 Å². The molecule has 2 aromatic heterocycles. The van der Waals surface area contributed by atoms with E-state index in [1.54, 1.807) is 18.6 Å². The lowest BCUT2D eigenvalue weighted by Gasteiger charge is -2.15. The zero-order valence-electron chi connectivity index (χ0n) is 30.9. The minimum absolute atomic E-state index is 0.207. The van der Waals surface area contributed by atoms with Gasteiger partial charge in [-0.1, -0.05) is 50.1 Å². The Morgan fingerprint density at radius 2 is 1.31 bits per heavy atom. The predicted molar refractivity (Wildman–Crippen MR) is 222 cm³/mol. The summed E-state index contributed by atoms with van der Waals surface area (Å²) in [6.07, 6.45) is 7.58. The van der Waals surface area contributed by atoms with Gasteiger partial charge in [-0.05, 0) is 123 Å². The summed E-state index contributed by atoms with van der Waals surface area (Å²) in [6, 6.07) is 24.1. The number of aromatic nitrogens is 2. The summed E-state index contributed by atoms with van der Waals surface area (Å²) < 4.78 is 7.19. The zero-order valence-corrected chi connectivity index (χ0v) is 34.1. The highest BCUT2D eigenvalue weighted by molar-refractivity contribution is 9.10. The van der Waals surface area contributed by atoms with Crippen molar-refractivity contribution in [1.29, 1.82) is 0 Å². The van der Waals surface area contributed by atoms with Crippen LogP contribution in [0.5, 0.6) is 0 Å². The molecule has 51 heavy (non-hydrogen) atoms. The Bertz CT molecular complexity index is 1850. The maximum atomic E-state index is 12.4. The van der Waals surface area contributed by atoms with Gasteiger partial charge in [0.25, 0.3) is 5.91 Å². The quantitative estimate of drug-likeness (QED) is 0.171. The first-order chi connectivity index (χ1) is 24.3. The number of rotatable bonds is 5. The molecule has 6 rings (SSSR count). The van der Waals surface area contributed by atoms with Crippen LogP contribution in [0.25, 0.3) is 11.1 Å². The molecule has 8 nitrogen and oxygen atoms in total. The van der Waals surface area contributed by atoms with Gasteiger partial charge in [0.1, 0.15) is 5.82 Å². The van der Waals surface area contributed by atoms with Crippen molar-refractivity contribution >= 4 is 60.6 Å². The van der Waals surface area contributed by atoms with Crippen LogP contribution in [0.15, 0.2) is 100 Å². The van der Waals surface area contributed by atoms with E-state index in [4.69, 9.17) is 10.5 Å². The molecule has 5 aromatic rings. The van der Waals surface area contributed by atoms with Crippen molar-refractivity contribution in [3.63, 3.8) is 0 Å². The Morgan fingerprint density at radius 3 is 1.80 bits per heavy atom. The normalized spacial score (nSPS) is 11.5. The van der Waals surface area contributed by atoms with Gasteiger partial charge in [-0.25, -0.2) is 4.98 Å². The highest BCUT2D eigenvalue weighted by atomic mass is 79.9. The fourth-order valence-corrected chi connectivity index (χ4v) is 5.45. The number of aryl methyl sites for hydroxylation is 4. The third-order valence-corrected chi connectivity index (χ3v) is 9.74. The number of ether oxygens (including phenoxy) is 1. The number of halogens is 2. The van der Waals surface area contributed by atoms with Gasteiger partial charge in [-0.3, -0.25) is 9.78 Å². The Morgan fingerprint density at radius 1 is 0.725 bits per heavy atom. The van der Waals surface area contributed by atoms with E-state index in [0.29, 0.717) is 11.4 Å². The van der Waals surface area contributed by atoms with Crippen LogP contribution in [0.2, 0.25) is 0 Å². The number of benzene rings is 3. The van der Waals surface area contributed by atoms with Gasteiger partial charge in [0.15, 0.2) is 0 Å². The van der Waals surface area contributed by atoms with Crippen LogP contribution in [0, 0.1) is 27.7 Å². The van der Waals surface area contributed by atoms with Crippen molar-refractivity contribution in [3.05, 3.63) is 128 Å². The van der Waals surface area contributed by atoms with E-state index in [0.717, 1.165) is 45.8 Å². The van der Waals surface area contributed by atoms with Crippen LogP contribution in [0.4, 0.5) is 22.9 Å². The molecular formula is C41H50Br2N6O2. The molecule has 0 saturated carbocycles. The van der Waals surface area contributed by atoms with E-state index in [1.165, 1.54) is 39.7 Å². The van der Waals surface area contributed by atoms with Crippen molar-refractivity contribution in [1.82, 2.24) is 9.97 Å². The number of carbonyl (C=O) groups is 1. The molecule has 10 heteroatoms. The second kappa shape index (κ2) is 20.6. The fraction of sp³-hybridized carbons (Fsp3) is 0.293. The van der Waals surface area contributed by atoms with Gasteiger partial charge in [0, 0.05) is 91.6 Å². The molecule has 1 saturated heterocycles. The molecule has 1 aliphatic heterocycles. The van der Waals surface area contributed by atoms with E-state index >= 15 is 0 Å². The number of carbonyl (C=O) groups excluding carboxylic acids is 1. The highest BCUT2D eigenvalue weighted by Gasteiger charge is 2.11. The van der Waals surface area contributed by atoms with Gasteiger partial charge in [0.2, 0.25) is 0 Å². The lowest BCUT2D eigenvalue weighted by molar-refractivity contribution is 0.102. The smallest absolute Gasteiger partial charge is 0.258 e. The molecule has 1 amide bonds. The summed E-state index contributed by atoms with van der Waals surface area (Å²) >= 11 is 6.85. The molecule has 270 valence electrons. The number of nitrogens with one attached hydrogen (secondary N) is 1. The van der Waals surface area contributed by atoms with Gasteiger partial charge in [-0.2, -0.15) is 0 Å². The third-order valence-electron chi connectivity index (χ3n) is 8.03. The summed E-state index contributed by atoms with van der Waals surface area (Å²) in [4.78, 5) is 24.9. The van der Waals surface area contributed by atoms with E-state index < -0.39 is 0 Å². The molecule has 0 bridgehead atoms.